The van der Waals surface area contributed by atoms with Crippen LogP contribution in [0.5, 0.6) is 0 Å². The van der Waals surface area contributed by atoms with E-state index in [-0.39, 0.29) is 23.5 Å². The van der Waals surface area contributed by atoms with Gasteiger partial charge in [-0.2, -0.15) is 0 Å². The molecule has 0 spiro atoms. The highest BCUT2D eigenvalue weighted by molar-refractivity contribution is 5.97. The highest BCUT2D eigenvalue weighted by Crippen LogP contribution is 2.26. The van der Waals surface area contributed by atoms with Crippen LogP contribution in [0.2, 0.25) is 0 Å². The molecule has 2 aromatic carbocycles. The molecule has 3 rings (SSSR count). The van der Waals surface area contributed by atoms with Crippen molar-refractivity contribution in [2.45, 2.75) is 25.8 Å². The molecule has 0 aromatic heterocycles. The first-order chi connectivity index (χ1) is 12.9. The number of non-ortho nitro benzene ring substituents is 1. The van der Waals surface area contributed by atoms with Gasteiger partial charge in [0.05, 0.1) is 11.0 Å². The summed E-state index contributed by atoms with van der Waals surface area (Å²) in [6.45, 7) is 2.53. The maximum absolute atomic E-state index is 12.8. The van der Waals surface area contributed by atoms with Crippen molar-refractivity contribution in [3.8, 4) is 0 Å². The summed E-state index contributed by atoms with van der Waals surface area (Å²) in [4.78, 5) is 38.4. The van der Waals surface area contributed by atoms with Gasteiger partial charge in [0.1, 0.15) is 0 Å². The Balaban J connectivity index is 1.75. The minimum atomic E-state index is -0.448. The van der Waals surface area contributed by atoms with Crippen LogP contribution < -0.4 is 4.90 Å². The van der Waals surface area contributed by atoms with Crippen LogP contribution in [0.1, 0.15) is 41.7 Å². The molecule has 0 bridgehead atoms. The third kappa shape index (κ3) is 3.81. The second kappa shape index (κ2) is 7.57. The van der Waals surface area contributed by atoms with Crippen molar-refractivity contribution in [3.63, 3.8) is 0 Å². The molecule has 2 amide bonds. The van der Waals surface area contributed by atoms with Crippen LogP contribution in [-0.4, -0.2) is 35.2 Å². The Hall–Kier alpha value is -3.22. The molecule has 0 N–H and O–H groups in total. The summed E-state index contributed by atoms with van der Waals surface area (Å²) in [5.74, 6) is -0.0845. The van der Waals surface area contributed by atoms with Gasteiger partial charge in [-0.15, -0.1) is 0 Å². The Morgan fingerprint density at radius 3 is 2.52 bits per heavy atom. The number of carbonyl (C=O) groups is 2. The molecular formula is C20H21N3O4. The second-order valence-corrected chi connectivity index (χ2v) is 6.64. The first kappa shape index (κ1) is 18.6. The predicted molar refractivity (Wildman–Crippen MR) is 102 cm³/mol. The molecular weight excluding hydrogens is 346 g/mol. The summed E-state index contributed by atoms with van der Waals surface area (Å²) in [5.41, 5.74) is 1.99. The lowest BCUT2D eigenvalue weighted by Gasteiger charge is -2.25. The van der Waals surface area contributed by atoms with E-state index in [1.165, 1.54) is 12.1 Å². The van der Waals surface area contributed by atoms with Gasteiger partial charge in [0.15, 0.2) is 0 Å². The average molecular weight is 367 g/mol. The molecule has 2 aromatic rings. The SMILES string of the molecule is C[C@H](c1cccc([N+](=O)[O-])c1)N(C)C(=O)c1ccc(N2CCCC2=O)cc1. The average Bonchev–Trinajstić information content (AvgIpc) is 3.12. The number of hydrogen-bond acceptors (Lipinski definition) is 4. The third-order valence-corrected chi connectivity index (χ3v) is 4.96. The number of carbonyl (C=O) groups excluding carboxylic acids is 2. The van der Waals surface area contributed by atoms with Crippen molar-refractivity contribution in [3.05, 3.63) is 69.8 Å². The van der Waals surface area contributed by atoms with Crippen LogP contribution >= 0.6 is 0 Å². The molecule has 140 valence electrons. The first-order valence-electron chi connectivity index (χ1n) is 8.80. The quantitative estimate of drug-likeness (QED) is 0.597. The number of nitro groups is 1. The van der Waals surface area contributed by atoms with Gasteiger partial charge in [0.25, 0.3) is 11.6 Å². The molecule has 1 saturated heterocycles. The van der Waals surface area contributed by atoms with Crippen molar-refractivity contribution in [1.29, 1.82) is 0 Å². The summed E-state index contributed by atoms with van der Waals surface area (Å²) in [6.07, 6.45) is 1.41. The molecule has 1 heterocycles. The minimum Gasteiger partial charge on any atom is -0.335 e. The highest BCUT2D eigenvalue weighted by atomic mass is 16.6. The summed E-state index contributed by atoms with van der Waals surface area (Å²) < 4.78 is 0. The van der Waals surface area contributed by atoms with E-state index in [2.05, 4.69) is 0 Å². The number of anilines is 1. The topological polar surface area (TPSA) is 83.8 Å². The van der Waals surface area contributed by atoms with Gasteiger partial charge < -0.3 is 9.80 Å². The van der Waals surface area contributed by atoms with Gasteiger partial charge >= 0.3 is 0 Å². The van der Waals surface area contributed by atoms with Gasteiger partial charge in [-0.3, -0.25) is 19.7 Å². The normalized spacial score (nSPS) is 14.9. The largest absolute Gasteiger partial charge is 0.335 e. The zero-order chi connectivity index (χ0) is 19.6. The van der Waals surface area contributed by atoms with Crippen molar-refractivity contribution >= 4 is 23.2 Å². The zero-order valence-corrected chi connectivity index (χ0v) is 15.3. The second-order valence-electron chi connectivity index (χ2n) is 6.64. The fourth-order valence-electron chi connectivity index (χ4n) is 3.21. The maximum atomic E-state index is 12.8. The lowest BCUT2D eigenvalue weighted by atomic mass is 10.1. The summed E-state index contributed by atoms with van der Waals surface area (Å²) in [7, 11) is 1.67. The Bertz CT molecular complexity index is 879. The van der Waals surface area contributed by atoms with E-state index < -0.39 is 4.92 Å². The van der Waals surface area contributed by atoms with Crippen molar-refractivity contribution in [2.24, 2.45) is 0 Å². The monoisotopic (exact) mass is 367 g/mol. The van der Waals surface area contributed by atoms with Gasteiger partial charge in [0, 0.05) is 43.4 Å². The molecule has 1 aliphatic heterocycles. The van der Waals surface area contributed by atoms with Crippen LogP contribution in [0, 0.1) is 10.1 Å². The van der Waals surface area contributed by atoms with Crippen molar-refractivity contribution in [2.75, 3.05) is 18.5 Å². The summed E-state index contributed by atoms with van der Waals surface area (Å²) >= 11 is 0. The summed E-state index contributed by atoms with van der Waals surface area (Å²) in [5, 5.41) is 11.0. The molecule has 1 atom stereocenters. The van der Waals surface area contributed by atoms with Gasteiger partial charge in [0.2, 0.25) is 5.91 Å². The minimum absolute atomic E-state index is 0.000155. The summed E-state index contributed by atoms with van der Waals surface area (Å²) in [6, 6.07) is 12.9. The number of nitrogens with zero attached hydrogens (tertiary/aromatic N) is 3. The number of hydrogen-bond donors (Lipinski definition) is 0. The van der Waals surface area contributed by atoms with E-state index in [0.29, 0.717) is 24.1 Å². The zero-order valence-electron chi connectivity index (χ0n) is 15.3. The predicted octanol–water partition coefficient (Wildman–Crippen LogP) is 3.55. The number of nitro benzene ring substituents is 1. The standard InChI is InChI=1S/C20H21N3O4/c1-14(16-5-3-6-18(13-16)23(26)27)21(2)20(25)15-8-10-17(11-9-15)22-12-4-7-19(22)24/h3,5-6,8-11,13-14H,4,7,12H2,1-2H3/t14-/m1/s1. The van der Waals surface area contributed by atoms with Gasteiger partial charge in [-0.25, -0.2) is 0 Å². The van der Waals surface area contributed by atoms with Crippen molar-refractivity contribution < 1.29 is 14.5 Å². The third-order valence-electron chi connectivity index (χ3n) is 4.96. The molecule has 1 fully saturated rings. The van der Waals surface area contributed by atoms with Crippen LogP contribution in [0.4, 0.5) is 11.4 Å². The van der Waals surface area contributed by atoms with Gasteiger partial charge in [-0.1, -0.05) is 12.1 Å². The Kier molecular flexibility index (Phi) is 5.21. The Morgan fingerprint density at radius 1 is 1.22 bits per heavy atom. The van der Waals surface area contributed by atoms with E-state index in [9.17, 15) is 19.7 Å². The van der Waals surface area contributed by atoms with E-state index in [1.807, 2.05) is 6.92 Å². The van der Waals surface area contributed by atoms with E-state index in [1.54, 1.807) is 53.2 Å². The van der Waals surface area contributed by atoms with Crippen LogP contribution in [0.25, 0.3) is 0 Å². The molecule has 7 heteroatoms. The fraction of sp³-hybridized carbons (Fsp3) is 0.300. The Labute approximate surface area is 157 Å². The fourth-order valence-corrected chi connectivity index (χ4v) is 3.21. The molecule has 0 aliphatic carbocycles. The van der Waals surface area contributed by atoms with E-state index in [4.69, 9.17) is 0 Å². The first-order valence-corrected chi connectivity index (χ1v) is 8.80. The number of rotatable bonds is 5. The lowest BCUT2D eigenvalue weighted by Crippen LogP contribution is -2.30. The number of benzene rings is 2. The molecule has 0 saturated carbocycles. The van der Waals surface area contributed by atoms with Crippen LogP contribution in [-0.2, 0) is 4.79 Å². The Morgan fingerprint density at radius 2 is 1.93 bits per heavy atom. The van der Waals surface area contributed by atoms with E-state index >= 15 is 0 Å². The molecule has 27 heavy (non-hydrogen) atoms. The molecule has 0 unspecified atom stereocenters. The smallest absolute Gasteiger partial charge is 0.269 e. The maximum Gasteiger partial charge on any atom is 0.269 e. The van der Waals surface area contributed by atoms with Crippen LogP contribution in [0.3, 0.4) is 0 Å². The molecule has 0 radical (unpaired) electrons. The highest BCUT2D eigenvalue weighted by Gasteiger charge is 2.23. The lowest BCUT2D eigenvalue weighted by molar-refractivity contribution is -0.384. The molecule has 7 nitrogen and oxygen atoms in total. The molecule has 1 aliphatic rings. The number of amides is 2. The van der Waals surface area contributed by atoms with Gasteiger partial charge in [-0.05, 0) is 43.2 Å². The van der Waals surface area contributed by atoms with Crippen molar-refractivity contribution in [1.82, 2.24) is 4.90 Å². The van der Waals surface area contributed by atoms with Crippen LogP contribution in [0.15, 0.2) is 48.5 Å². The van der Waals surface area contributed by atoms with E-state index in [0.717, 1.165) is 12.1 Å².